The van der Waals surface area contributed by atoms with Crippen LogP contribution in [0.25, 0.3) is 22.3 Å². The van der Waals surface area contributed by atoms with Crippen LogP contribution in [-0.4, -0.2) is 69.0 Å². The number of ether oxygens (including phenoxy) is 1. The maximum absolute atomic E-state index is 12.8. The van der Waals surface area contributed by atoms with Crippen LogP contribution >= 0.6 is 0 Å². The van der Waals surface area contributed by atoms with E-state index in [0.717, 1.165) is 46.9 Å². The van der Waals surface area contributed by atoms with E-state index in [1.807, 2.05) is 35.4 Å². The number of amides is 1. The van der Waals surface area contributed by atoms with Crippen molar-refractivity contribution >= 4 is 22.8 Å². The Morgan fingerprint density at radius 2 is 2.00 bits per heavy atom. The molecule has 1 amide bonds. The highest BCUT2D eigenvalue weighted by Gasteiger charge is 2.23. The van der Waals surface area contributed by atoms with Crippen LogP contribution in [0.1, 0.15) is 12.1 Å². The van der Waals surface area contributed by atoms with Crippen LogP contribution in [0.5, 0.6) is 5.88 Å². The number of H-pyrrole nitrogens is 1. The zero-order chi connectivity index (χ0) is 22.6. The quantitative estimate of drug-likeness (QED) is 0.489. The Bertz CT molecular complexity index is 1250. The number of anilines is 1. The van der Waals surface area contributed by atoms with Crippen LogP contribution in [-0.2, 0) is 11.2 Å². The maximum Gasteiger partial charge on any atom is 0.223 e. The summed E-state index contributed by atoms with van der Waals surface area (Å²) in [5.41, 5.74) is 3.62. The monoisotopic (exact) mass is 443 g/mol. The van der Waals surface area contributed by atoms with Crippen LogP contribution in [0.3, 0.4) is 0 Å². The number of nitrogens with zero attached hydrogens (tertiary/aromatic N) is 6. The molecule has 0 bridgehead atoms. The van der Waals surface area contributed by atoms with Crippen molar-refractivity contribution in [1.82, 2.24) is 29.8 Å². The van der Waals surface area contributed by atoms with Gasteiger partial charge in [-0.2, -0.15) is 0 Å². The fourth-order valence-electron chi connectivity index (χ4n) is 4.13. The van der Waals surface area contributed by atoms with Gasteiger partial charge in [-0.15, -0.1) is 0 Å². The summed E-state index contributed by atoms with van der Waals surface area (Å²) in [5.74, 6) is 1.60. The van der Waals surface area contributed by atoms with Gasteiger partial charge in [0.2, 0.25) is 11.8 Å². The van der Waals surface area contributed by atoms with Crippen molar-refractivity contribution in [2.24, 2.45) is 0 Å². The van der Waals surface area contributed by atoms with Gasteiger partial charge in [-0.1, -0.05) is 6.07 Å². The third-order valence-corrected chi connectivity index (χ3v) is 5.89. The van der Waals surface area contributed by atoms with E-state index in [-0.39, 0.29) is 5.91 Å². The van der Waals surface area contributed by atoms with Crippen molar-refractivity contribution in [2.75, 3.05) is 38.2 Å². The summed E-state index contributed by atoms with van der Waals surface area (Å²) < 4.78 is 5.16. The largest absolute Gasteiger partial charge is 0.481 e. The van der Waals surface area contributed by atoms with E-state index in [1.165, 1.54) is 0 Å². The normalized spacial score (nSPS) is 14.0. The number of carbonyl (C=O) groups is 1. The molecule has 0 atom stereocenters. The van der Waals surface area contributed by atoms with E-state index in [1.54, 1.807) is 25.7 Å². The molecule has 1 aliphatic heterocycles. The summed E-state index contributed by atoms with van der Waals surface area (Å²) >= 11 is 0. The molecule has 0 saturated carbocycles. The van der Waals surface area contributed by atoms with Crippen LogP contribution < -0.4 is 9.64 Å². The van der Waals surface area contributed by atoms with Gasteiger partial charge in [0.25, 0.3) is 0 Å². The summed E-state index contributed by atoms with van der Waals surface area (Å²) in [7, 11) is 1.59. The van der Waals surface area contributed by atoms with Gasteiger partial charge in [0, 0.05) is 68.0 Å². The van der Waals surface area contributed by atoms with Gasteiger partial charge >= 0.3 is 0 Å². The number of hydrogen-bond acceptors (Lipinski definition) is 7. The average molecular weight is 444 g/mol. The lowest BCUT2D eigenvalue weighted by Crippen LogP contribution is -2.49. The second kappa shape index (κ2) is 9.23. The standard InChI is InChI=1S/C24H25N7O2/c1-33-21-6-2-5-18(28-21)7-8-22(32)30-10-12-31(13-11-30)24-19-14-20(17-4-3-9-25-15-17)29-23(19)26-16-27-24/h2-6,9,14-16H,7-8,10-13H2,1H3,(H,26,27,29). The Morgan fingerprint density at radius 1 is 1.12 bits per heavy atom. The number of carbonyl (C=O) groups excluding carboxylic acids is 1. The minimum atomic E-state index is 0.146. The van der Waals surface area contributed by atoms with Gasteiger partial charge in [0.1, 0.15) is 17.8 Å². The molecule has 1 N–H and O–H groups in total. The van der Waals surface area contributed by atoms with Crippen LogP contribution in [0.15, 0.2) is 55.1 Å². The lowest BCUT2D eigenvalue weighted by atomic mass is 10.2. The Hall–Kier alpha value is -4.01. The second-order valence-electron chi connectivity index (χ2n) is 7.92. The second-order valence-corrected chi connectivity index (χ2v) is 7.92. The van der Waals surface area contributed by atoms with Crippen molar-refractivity contribution in [2.45, 2.75) is 12.8 Å². The highest BCUT2D eigenvalue weighted by atomic mass is 16.5. The zero-order valence-corrected chi connectivity index (χ0v) is 18.4. The summed E-state index contributed by atoms with van der Waals surface area (Å²) in [6.07, 6.45) is 6.20. The van der Waals surface area contributed by atoms with Crippen LogP contribution in [0.2, 0.25) is 0 Å². The molecule has 4 aromatic heterocycles. The van der Waals surface area contributed by atoms with Crippen molar-refractivity contribution in [3.63, 3.8) is 0 Å². The molecule has 9 heteroatoms. The number of methoxy groups -OCH3 is 1. The lowest BCUT2D eigenvalue weighted by Gasteiger charge is -2.35. The number of aromatic nitrogens is 5. The molecule has 5 heterocycles. The van der Waals surface area contributed by atoms with Gasteiger partial charge < -0.3 is 19.5 Å². The minimum Gasteiger partial charge on any atom is -0.481 e. The maximum atomic E-state index is 12.8. The summed E-state index contributed by atoms with van der Waals surface area (Å²) in [4.78, 5) is 37.8. The first-order valence-electron chi connectivity index (χ1n) is 11.0. The first kappa shape index (κ1) is 20.9. The number of aryl methyl sites for hydroxylation is 1. The van der Waals surface area contributed by atoms with Crippen molar-refractivity contribution in [3.05, 3.63) is 60.8 Å². The Balaban J connectivity index is 1.23. The summed E-state index contributed by atoms with van der Waals surface area (Å²) in [6.45, 7) is 2.77. The molecular formula is C24H25N7O2. The van der Waals surface area contributed by atoms with Crippen LogP contribution in [0.4, 0.5) is 5.82 Å². The van der Waals surface area contributed by atoms with E-state index < -0.39 is 0 Å². The molecule has 5 rings (SSSR count). The van der Waals surface area contributed by atoms with E-state index in [2.05, 4.69) is 35.9 Å². The predicted molar refractivity (Wildman–Crippen MR) is 125 cm³/mol. The van der Waals surface area contributed by atoms with Gasteiger partial charge in [0.05, 0.1) is 12.5 Å². The van der Waals surface area contributed by atoms with E-state index in [9.17, 15) is 4.79 Å². The molecule has 0 aliphatic carbocycles. The van der Waals surface area contributed by atoms with Gasteiger partial charge in [-0.3, -0.25) is 9.78 Å². The van der Waals surface area contributed by atoms with Gasteiger partial charge in [-0.25, -0.2) is 15.0 Å². The van der Waals surface area contributed by atoms with E-state index >= 15 is 0 Å². The Labute approximate surface area is 191 Å². The number of hydrogen-bond donors (Lipinski definition) is 1. The first-order chi connectivity index (χ1) is 16.2. The molecule has 9 nitrogen and oxygen atoms in total. The lowest BCUT2D eigenvalue weighted by molar-refractivity contribution is -0.131. The fraction of sp³-hybridized carbons (Fsp3) is 0.292. The number of fused-ring (bicyclic) bond motifs is 1. The first-order valence-corrected chi connectivity index (χ1v) is 11.0. The van der Waals surface area contributed by atoms with E-state index in [0.29, 0.717) is 31.8 Å². The molecular weight excluding hydrogens is 418 g/mol. The smallest absolute Gasteiger partial charge is 0.223 e. The summed E-state index contributed by atoms with van der Waals surface area (Å²) in [5, 5.41) is 0.972. The fourth-order valence-corrected chi connectivity index (χ4v) is 4.13. The van der Waals surface area contributed by atoms with Crippen molar-refractivity contribution in [1.29, 1.82) is 0 Å². The molecule has 0 unspecified atom stereocenters. The Morgan fingerprint density at radius 3 is 2.79 bits per heavy atom. The number of nitrogens with one attached hydrogen (secondary N) is 1. The van der Waals surface area contributed by atoms with Gasteiger partial charge in [-0.05, 0) is 30.7 Å². The number of aromatic amines is 1. The highest BCUT2D eigenvalue weighted by Crippen LogP contribution is 2.29. The third-order valence-electron chi connectivity index (χ3n) is 5.89. The number of rotatable bonds is 6. The topological polar surface area (TPSA) is 100 Å². The minimum absolute atomic E-state index is 0.146. The van der Waals surface area contributed by atoms with Gasteiger partial charge in [0.15, 0.2) is 0 Å². The Kier molecular flexibility index (Phi) is 5.84. The SMILES string of the molecule is COc1cccc(CCC(=O)N2CCN(c3ncnc4[nH]c(-c5cccnc5)cc34)CC2)n1. The van der Waals surface area contributed by atoms with Crippen LogP contribution in [0, 0.1) is 0 Å². The van der Waals surface area contributed by atoms with Crippen molar-refractivity contribution in [3.8, 4) is 17.1 Å². The number of pyridine rings is 2. The molecule has 0 aromatic carbocycles. The molecule has 0 spiro atoms. The molecule has 1 saturated heterocycles. The zero-order valence-electron chi connectivity index (χ0n) is 18.4. The molecule has 1 aliphatic rings. The molecule has 168 valence electrons. The third kappa shape index (κ3) is 4.48. The molecule has 4 aromatic rings. The average Bonchev–Trinajstić information content (AvgIpc) is 3.33. The van der Waals surface area contributed by atoms with Crippen molar-refractivity contribution < 1.29 is 9.53 Å². The predicted octanol–water partition coefficient (Wildman–Crippen LogP) is 2.70. The molecule has 1 fully saturated rings. The highest BCUT2D eigenvalue weighted by molar-refractivity contribution is 5.92. The van der Waals surface area contributed by atoms with E-state index in [4.69, 9.17) is 4.74 Å². The molecule has 33 heavy (non-hydrogen) atoms. The molecule has 0 radical (unpaired) electrons. The summed E-state index contributed by atoms with van der Waals surface area (Å²) in [6, 6.07) is 11.6. The number of piperazine rings is 1.